The van der Waals surface area contributed by atoms with Crippen molar-refractivity contribution in [1.82, 2.24) is 19.8 Å². The molecule has 6 nitrogen and oxygen atoms in total. The lowest BCUT2D eigenvalue weighted by Gasteiger charge is -2.20. The fourth-order valence-corrected chi connectivity index (χ4v) is 1.49. The Hall–Kier alpha value is -1.17. The Bertz CT molecular complexity index is 337. The van der Waals surface area contributed by atoms with Gasteiger partial charge in [0.1, 0.15) is 0 Å². The first kappa shape index (κ1) is 8.43. The molecule has 1 fully saturated rings. The number of nitrogens with zero attached hydrogens (tertiary/aromatic N) is 4. The van der Waals surface area contributed by atoms with E-state index in [4.69, 9.17) is 4.74 Å². The van der Waals surface area contributed by atoms with Gasteiger partial charge in [-0.15, -0.1) is 0 Å². The molecule has 1 saturated heterocycles. The minimum Gasteiger partial charge on any atom is -0.381 e. The Kier molecular flexibility index (Phi) is 2.13. The highest BCUT2D eigenvalue weighted by Gasteiger charge is 2.19. The van der Waals surface area contributed by atoms with Crippen LogP contribution in [0.2, 0.25) is 0 Å². The van der Waals surface area contributed by atoms with Gasteiger partial charge >= 0.3 is 5.69 Å². The number of hydrogen-bond donors (Lipinski definition) is 0. The Balaban J connectivity index is 2.24. The van der Waals surface area contributed by atoms with E-state index in [9.17, 15) is 4.79 Å². The second kappa shape index (κ2) is 3.29. The van der Waals surface area contributed by atoms with Crippen LogP contribution in [0.1, 0.15) is 18.9 Å². The van der Waals surface area contributed by atoms with Crippen LogP contribution in [-0.2, 0) is 11.8 Å². The molecule has 0 spiro atoms. The van der Waals surface area contributed by atoms with E-state index in [-0.39, 0.29) is 11.7 Å². The van der Waals surface area contributed by atoms with Gasteiger partial charge in [-0.3, -0.25) is 0 Å². The molecule has 0 bridgehead atoms. The standard InChI is InChI=1S/C7H12N4O2/c1-10-7(12)11(9-8-10)6-2-4-13-5-3-6/h6H,2-5H2,1H3. The van der Waals surface area contributed by atoms with E-state index in [0.29, 0.717) is 13.2 Å². The highest BCUT2D eigenvalue weighted by molar-refractivity contribution is 4.70. The molecule has 2 heterocycles. The van der Waals surface area contributed by atoms with Crippen LogP contribution in [0.25, 0.3) is 0 Å². The van der Waals surface area contributed by atoms with Crippen LogP contribution in [0.3, 0.4) is 0 Å². The third-order valence-corrected chi connectivity index (χ3v) is 2.28. The molecular formula is C7H12N4O2. The summed E-state index contributed by atoms with van der Waals surface area (Å²) in [5.74, 6) is 0. The molecule has 0 saturated carbocycles. The van der Waals surface area contributed by atoms with Crippen LogP contribution < -0.4 is 5.69 Å². The molecule has 1 aliphatic rings. The van der Waals surface area contributed by atoms with Crippen molar-refractivity contribution in [2.75, 3.05) is 13.2 Å². The number of rotatable bonds is 1. The summed E-state index contributed by atoms with van der Waals surface area (Å²) in [5, 5.41) is 7.47. The lowest BCUT2D eigenvalue weighted by Crippen LogP contribution is -2.30. The van der Waals surface area contributed by atoms with Gasteiger partial charge in [-0.1, -0.05) is 0 Å². The van der Waals surface area contributed by atoms with Gasteiger partial charge in [0.15, 0.2) is 0 Å². The van der Waals surface area contributed by atoms with Crippen LogP contribution in [0, 0.1) is 0 Å². The average Bonchev–Trinajstić information content (AvgIpc) is 2.49. The molecule has 1 aromatic rings. The first-order valence-corrected chi connectivity index (χ1v) is 4.35. The SMILES string of the molecule is Cn1nnn(C2CCOCC2)c1=O. The van der Waals surface area contributed by atoms with Crippen molar-refractivity contribution in [3.8, 4) is 0 Å². The van der Waals surface area contributed by atoms with Crippen molar-refractivity contribution in [2.24, 2.45) is 7.05 Å². The molecule has 0 aromatic carbocycles. The fraction of sp³-hybridized carbons (Fsp3) is 0.857. The smallest absolute Gasteiger partial charge is 0.363 e. The lowest BCUT2D eigenvalue weighted by molar-refractivity contribution is 0.0647. The maximum Gasteiger partial charge on any atom is 0.363 e. The van der Waals surface area contributed by atoms with Gasteiger partial charge in [0.2, 0.25) is 0 Å². The topological polar surface area (TPSA) is 61.9 Å². The number of hydrogen-bond acceptors (Lipinski definition) is 4. The summed E-state index contributed by atoms with van der Waals surface area (Å²) in [7, 11) is 1.60. The van der Waals surface area contributed by atoms with Gasteiger partial charge in [-0.25, -0.2) is 4.79 Å². The zero-order valence-corrected chi connectivity index (χ0v) is 7.51. The minimum absolute atomic E-state index is 0.146. The number of tetrazole rings is 1. The summed E-state index contributed by atoms with van der Waals surface area (Å²) < 4.78 is 7.89. The molecule has 6 heteroatoms. The second-order valence-electron chi connectivity index (χ2n) is 3.17. The summed E-state index contributed by atoms with van der Waals surface area (Å²) in [4.78, 5) is 11.4. The molecule has 2 rings (SSSR count). The van der Waals surface area contributed by atoms with E-state index in [0.717, 1.165) is 12.8 Å². The van der Waals surface area contributed by atoms with Crippen molar-refractivity contribution in [1.29, 1.82) is 0 Å². The van der Waals surface area contributed by atoms with Gasteiger partial charge in [0, 0.05) is 20.3 Å². The molecule has 0 N–H and O–H groups in total. The molecule has 0 radical (unpaired) electrons. The quantitative estimate of drug-likeness (QED) is 0.580. The highest BCUT2D eigenvalue weighted by atomic mass is 16.5. The normalized spacial score (nSPS) is 19.2. The van der Waals surface area contributed by atoms with Crippen molar-refractivity contribution < 1.29 is 4.74 Å². The van der Waals surface area contributed by atoms with E-state index >= 15 is 0 Å². The average molecular weight is 184 g/mol. The van der Waals surface area contributed by atoms with Crippen molar-refractivity contribution in [3.63, 3.8) is 0 Å². The summed E-state index contributed by atoms with van der Waals surface area (Å²) in [6, 6.07) is 0.162. The molecule has 0 atom stereocenters. The van der Waals surface area contributed by atoms with E-state index in [1.807, 2.05) is 0 Å². The van der Waals surface area contributed by atoms with Crippen LogP contribution >= 0.6 is 0 Å². The lowest BCUT2D eigenvalue weighted by atomic mass is 10.1. The van der Waals surface area contributed by atoms with E-state index in [2.05, 4.69) is 10.4 Å². The predicted molar refractivity (Wildman–Crippen MR) is 44.4 cm³/mol. The Morgan fingerprint density at radius 1 is 1.38 bits per heavy atom. The molecule has 0 aliphatic carbocycles. The maximum atomic E-state index is 11.4. The van der Waals surface area contributed by atoms with Gasteiger partial charge < -0.3 is 4.74 Å². The van der Waals surface area contributed by atoms with Crippen LogP contribution in [0.4, 0.5) is 0 Å². The maximum absolute atomic E-state index is 11.4. The Morgan fingerprint density at radius 3 is 2.62 bits per heavy atom. The number of aryl methyl sites for hydroxylation is 1. The second-order valence-corrected chi connectivity index (χ2v) is 3.17. The molecule has 13 heavy (non-hydrogen) atoms. The van der Waals surface area contributed by atoms with Gasteiger partial charge in [0.25, 0.3) is 0 Å². The summed E-state index contributed by atoms with van der Waals surface area (Å²) >= 11 is 0. The van der Waals surface area contributed by atoms with Crippen molar-refractivity contribution in [2.45, 2.75) is 18.9 Å². The minimum atomic E-state index is -0.146. The van der Waals surface area contributed by atoms with Crippen molar-refractivity contribution in [3.05, 3.63) is 10.5 Å². The number of ether oxygens (including phenoxy) is 1. The number of aromatic nitrogens is 4. The largest absolute Gasteiger partial charge is 0.381 e. The van der Waals surface area contributed by atoms with E-state index in [1.54, 1.807) is 7.05 Å². The predicted octanol–water partition coefficient (Wildman–Crippen LogP) is -0.672. The summed E-state index contributed by atoms with van der Waals surface area (Å²) in [5.41, 5.74) is -0.146. The molecule has 72 valence electrons. The molecule has 1 aliphatic heterocycles. The highest BCUT2D eigenvalue weighted by Crippen LogP contribution is 2.16. The molecule has 0 unspecified atom stereocenters. The van der Waals surface area contributed by atoms with Crippen molar-refractivity contribution >= 4 is 0 Å². The van der Waals surface area contributed by atoms with E-state index < -0.39 is 0 Å². The third kappa shape index (κ3) is 1.49. The van der Waals surface area contributed by atoms with Gasteiger partial charge in [-0.2, -0.15) is 9.36 Å². The van der Waals surface area contributed by atoms with Gasteiger partial charge in [0.05, 0.1) is 6.04 Å². The van der Waals surface area contributed by atoms with Gasteiger partial charge in [-0.05, 0) is 23.3 Å². The Labute approximate surface area is 75.1 Å². The Morgan fingerprint density at radius 2 is 2.08 bits per heavy atom. The fourth-order valence-electron chi connectivity index (χ4n) is 1.49. The van der Waals surface area contributed by atoms with E-state index in [1.165, 1.54) is 9.36 Å². The summed E-state index contributed by atoms with van der Waals surface area (Å²) in [6.07, 6.45) is 1.69. The third-order valence-electron chi connectivity index (χ3n) is 2.28. The summed E-state index contributed by atoms with van der Waals surface area (Å²) in [6.45, 7) is 1.40. The zero-order chi connectivity index (χ0) is 9.26. The molecular weight excluding hydrogens is 172 g/mol. The molecule has 0 amide bonds. The monoisotopic (exact) mass is 184 g/mol. The first-order valence-electron chi connectivity index (χ1n) is 4.35. The van der Waals surface area contributed by atoms with Crippen LogP contribution in [0.5, 0.6) is 0 Å². The van der Waals surface area contributed by atoms with Crippen LogP contribution in [-0.4, -0.2) is 33.0 Å². The van der Waals surface area contributed by atoms with Crippen LogP contribution in [0.15, 0.2) is 4.79 Å². The molecule has 1 aromatic heterocycles. The first-order chi connectivity index (χ1) is 6.29. The zero-order valence-electron chi connectivity index (χ0n) is 7.51.